The van der Waals surface area contributed by atoms with Gasteiger partial charge in [0.05, 0.1) is 11.9 Å². The van der Waals surface area contributed by atoms with Crippen molar-refractivity contribution in [2.75, 3.05) is 30.6 Å². The van der Waals surface area contributed by atoms with Gasteiger partial charge in [0.2, 0.25) is 15.9 Å². The highest BCUT2D eigenvalue weighted by Crippen LogP contribution is 2.15. The third kappa shape index (κ3) is 7.86. The molecule has 1 aromatic carbocycles. The Bertz CT molecular complexity index is 743. The lowest BCUT2D eigenvalue weighted by molar-refractivity contribution is -0.131. The van der Waals surface area contributed by atoms with Gasteiger partial charge in [0.15, 0.2) is 0 Å². The highest BCUT2D eigenvalue weighted by Gasteiger charge is 2.15. The highest BCUT2D eigenvalue weighted by molar-refractivity contribution is 7.92. The predicted molar refractivity (Wildman–Crippen MR) is 105 cm³/mol. The van der Waals surface area contributed by atoms with Crippen LogP contribution in [0.2, 0.25) is 0 Å². The van der Waals surface area contributed by atoms with Gasteiger partial charge in [0.1, 0.15) is 0 Å². The first-order valence-electron chi connectivity index (χ1n) is 9.20. The van der Waals surface area contributed by atoms with Crippen molar-refractivity contribution in [1.82, 2.24) is 15.5 Å². The van der Waals surface area contributed by atoms with E-state index in [1.807, 2.05) is 4.90 Å². The number of nitrogens with one attached hydrogen (secondary N) is 3. The number of nitrogens with zero attached hydrogens (tertiary/aromatic N) is 1. The van der Waals surface area contributed by atoms with Crippen molar-refractivity contribution < 1.29 is 18.0 Å². The van der Waals surface area contributed by atoms with Gasteiger partial charge in [-0.25, -0.2) is 13.2 Å². The van der Waals surface area contributed by atoms with E-state index in [0.717, 1.165) is 32.2 Å². The third-order valence-corrected chi connectivity index (χ3v) is 4.93. The van der Waals surface area contributed by atoms with Gasteiger partial charge in [-0.1, -0.05) is 31.0 Å². The molecule has 1 aromatic rings. The van der Waals surface area contributed by atoms with Crippen LogP contribution in [0.4, 0.5) is 10.5 Å². The lowest BCUT2D eigenvalue weighted by Gasteiger charge is -2.20. The van der Waals surface area contributed by atoms with Gasteiger partial charge in [-0.15, -0.1) is 0 Å². The van der Waals surface area contributed by atoms with E-state index in [0.29, 0.717) is 11.3 Å². The number of hydrogen-bond acceptors (Lipinski definition) is 4. The molecule has 0 spiro atoms. The van der Waals surface area contributed by atoms with Gasteiger partial charge in [-0.05, 0) is 24.5 Å². The van der Waals surface area contributed by atoms with Crippen molar-refractivity contribution in [2.24, 2.45) is 0 Å². The molecule has 8 nitrogen and oxygen atoms in total. The molecule has 0 unspecified atom stereocenters. The Morgan fingerprint density at radius 1 is 1.04 bits per heavy atom. The van der Waals surface area contributed by atoms with Crippen LogP contribution >= 0.6 is 0 Å². The Hall–Kier alpha value is -2.29. The van der Waals surface area contributed by atoms with E-state index in [1.54, 1.807) is 24.3 Å². The number of amides is 3. The molecule has 27 heavy (non-hydrogen) atoms. The molecule has 0 radical (unpaired) electrons. The standard InChI is InChI=1S/C18H28N4O4S/c1-27(25,26)21-16-9-5-4-8-15(16)14-20-18(24)19-11-10-17(23)22-12-6-2-3-7-13-22/h4-5,8-9,21H,2-3,6-7,10-14H2,1H3,(H2,19,20,24). The Balaban J connectivity index is 1.74. The first-order valence-corrected chi connectivity index (χ1v) is 11.1. The maximum Gasteiger partial charge on any atom is 0.315 e. The minimum absolute atomic E-state index is 0.0694. The normalized spacial score (nSPS) is 14.9. The van der Waals surface area contributed by atoms with Gasteiger partial charge in [0, 0.05) is 32.6 Å². The van der Waals surface area contributed by atoms with Crippen LogP contribution in [0.1, 0.15) is 37.7 Å². The van der Waals surface area contributed by atoms with Gasteiger partial charge in [-0.2, -0.15) is 0 Å². The quantitative estimate of drug-likeness (QED) is 0.651. The minimum atomic E-state index is -3.40. The van der Waals surface area contributed by atoms with Gasteiger partial charge in [-0.3, -0.25) is 9.52 Å². The number of rotatable bonds is 7. The number of anilines is 1. The zero-order valence-corrected chi connectivity index (χ0v) is 16.5. The summed E-state index contributed by atoms with van der Waals surface area (Å²) in [5.74, 6) is 0.0694. The maximum absolute atomic E-state index is 12.2. The van der Waals surface area contributed by atoms with Crippen molar-refractivity contribution >= 4 is 27.6 Å². The Labute approximate surface area is 160 Å². The second kappa shape index (κ2) is 10.1. The van der Waals surface area contributed by atoms with Crippen LogP contribution in [-0.4, -0.2) is 51.1 Å². The summed E-state index contributed by atoms with van der Waals surface area (Å²) in [5, 5.41) is 5.35. The number of carbonyl (C=O) groups excluding carboxylic acids is 2. The number of hydrogen-bond donors (Lipinski definition) is 3. The summed E-state index contributed by atoms with van der Waals surface area (Å²) in [6, 6.07) is 6.45. The van der Waals surface area contributed by atoms with Crippen LogP contribution in [0, 0.1) is 0 Å². The molecular formula is C18H28N4O4S. The largest absolute Gasteiger partial charge is 0.343 e. The van der Waals surface area contributed by atoms with Crippen molar-refractivity contribution in [3.05, 3.63) is 29.8 Å². The van der Waals surface area contributed by atoms with E-state index in [-0.39, 0.29) is 25.4 Å². The molecule has 1 fully saturated rings. The predicted octanol–water partition coefficient (Wildman–Crippen LogP) is 1.65. The Morgan fingerprint density at radius 3 is 2.37 bits per heavy atom. The molecule has 0 aromatic heterocycles. The number of benzene rings is 1. The molecule has 0 aliphatic carbocycles. The Morgan fingerprint density at radius 2 is 1.70 bits per heavy atom. The monoisotopic (exact) mass is 396 g/mol. The second-order valence-electron chi connectivity index (χ2n) is 6.69. The molecule has 0 bridgehead atoms. The lowest BCUT2D eigenvalue weighted by atomic mass is 10.2. The molecule has 9 heteroatoms. The molecule has 3 amide bonds. The summed E-state index contributed by atoms with van der Waals surface area (Å²) >= 11 is 0. The summed E-state index contributed by atoms with van der Waals surface area (Å²) < 4.78 is 25.2. The van der Waals surface area contributed by atoms with Crippen LogP contribution in [0.15, 0.2) is 24.3 Å². The average Bonchev–Trinajstić information content (AvgIpc) is 2.89. The lowest BCUT2D eigenvalue weighted by Crippen LogP contribution is -2.39. The summed E-state index contributed by atoms with van der Waals surface area (Å²) in [7, 11) is -3.40. The zero-order chi connectivity index (χ0) is 19.7. The molecule has 150 valence electrons. The summed E-state index contributed by atoms with van der Waals surface area (Å²) in [4.78, 5) is 26.0. The number of likely N-dealkylation sites (tertiary alicyclic amines) is 1. The fourth-order valence-electron chi connectivity index (χ4n) is 2.97. The number of para-hydroxylation sites is 1. The maximum atomic E-state index is 12.2. The fourth-order valence-corrected chi connectivity index (χ4v) is 3.57. The Kier molecular flexibility index (Phi) is 7.90. The van der Waals surface area contributed by atoms with Crippen molar-refractivity contribution in [1.29, 1.82) is 0 Å². The average molecular weight is 397 g/mol. The number of carbonyl (C=O) groups is 2. The van der Waals surface area contributed by atoms with Gasteiger partial charge >= 0.3 is 6.03 Å². The number of urea groups is 1. The van der Waals surface area contributed by atoms with Crippen molar-refractivity contribution in [3.8, 4) is 0 Å². The fraction of sp³-hybridized carbons (Fsp3) is 0.556. The molecule has 1 heterocycles. The molecule has 1 aliphatic heterocycles. The molecule has 3 N–H and O–H groups in total. The van der Waals surface area contributed by atoms with E-state index < -0.39 is 16.1 Å². The van der Waals surface area contributed by atoms with Crippen LogP contribution in [0.3, 0.4) is 0 Å². The molecule has 0 saturated carbocycles. The first-order chi connectivity index (χ1) is 12.8. The molecule has 2 rings (SSSR count). The van der Waals surface area contributed by atoms with E-state index in [4.69, 9.17) is 0 Å². The SMILES string of the molecule is CS(=O)(=O)Nc1ccccc1CNC(=O)NCCC(=O)N1CCCCCC1. The topological polar surface area (TPSA) is 108 Å². The van der Waals surface area contributed by atoms with Crippen LogP contribution in [-0.2, 0) is 21.4 Å². The van der Waals surface area contributed by atoms with Crippen LogP contribution in [0.25, 0.3) is 0 Å². The highest BCUT2D eigenvalue weighted by atomic mass is 32.2. The van der Waals surface area contributed by atoms with E-state index >= 15 is 0 Å². The molecular weight excluding hydrogens is 368 g/mol. The molecule has 1 saturated heterocycles. The minimum Gasteiger partial charge on any atom is -0.343 e. The van der Waals surface area contributed by atoms with Crippen molar-refractivity contribution in [2.45, 2.75) is 38.6 Å². The third-order valence-electron chi connectivity index (χ3n) is 4.34. The van der Waals surface area contributed by atoms with Crippen molar-refractivity contribution in [3.63, 3.8) is 0 Å². The summed E-state index contributed by atoms with van der Waals surface area (Å²) in [5.41, 5.74) is 1.08. The smallest absolute Gasteiger partial charge is 0.315 e. The van der Waals surface area contributed by atoms with E-state index in [9.17, 15) is 18.0 Å². The summed E-state index contributed by atoms with van der Waals surface area (Å²) in [6.07, 6.45) is 5.77. The van der Waals surface area contributed by atoms with Gasteiger partial charge < -0.3 is 15.5 Å². The zero-order valence-electron chi connectivity index (χ0n) is 15.7. The summed E-state index contributed by atoms with van der Waals surface area (Å²) in [6.45, 7) is 2.04. The number of sulfonamides is 1. The van der Waals surface area contributed by atoms with Crippen LogP contribution in [0.5, 0.6) is 0 Å². The molecule has 0 atom stereocenters. The van der Waals surface area contributed by atoms with E-state index in [2.05, 4.69) is 15.4 Å². The second-order valence-corrected chi connectivity index (χ2v) is 8.43. The van der Waals surface area contributed by atoms with E-state index in [1.165, 1.54) is 12.8 Å². The first kappa shape index (κ1) is 21.0. The molecule has 1 aliphatic rings. The van der Waals surface area contributed by atoms with Crippen LogP contribution < -0.4 is 15.4 Å². The van der Waals surface area contributed by atoms with Gasteiger partial charge in [0.25, 0.3) is 0 Å².